The maximum absolute atomic E-state index is 11.5. The van der Waals surface area contributed by atoms with Gasteiger partial charge in [-0.1, -0.05) is 32.1 Å². The Labute approximate surface area is 116 Å². The normalized spacial score (nSPS) is 28.0. The maximum Gasteiger partial charge on any atom is 0.407 e. The van der Waals surface area contributed by atoms with Gasteiger partial charge >= 0.3 is 6.09 Å². The van der Waals surface area contributed by atoms with Crippen LogP contribution >= 0.6 is 0 Å². The molecule has 2 rings (SSSR count). The van der Waals surface area contributed by atoms with Gasteiger partial charge in [0.15, 0.2) is 0 Å². The standard InChI is InChI=1S/C15H28N2O2/c18-15(19)17-11-7-6-10-16-12-14(17)13-8-4-2-1-3-5-9-13/h13-14,16H,1-12H2,(H,18,19). The number of hydrogen-bond acceptors (Lipinski definition) is 2. The fraction of sp³-hybridized carbons (Fsp3) is 0.933. The van der Waals surface area contributed by atoms with Gasteiger partial charge in [0.2, 0.25) is 0 Å². The molecular formula is C15H28N2O2. The van der Waals surface area contributed by atoms with E-state index in [1.807, 2.05) is 0 Å². The highest BCUT2D eigenvalue weighted by molar-refractivity contribution is 5.65. The average molecular weight is 268 g/mol. The van der Waals surface area contributed by atoms with Crippen molar-refractivity contribution < 1.29 is 9.90 Å². The van der Waals surface area contributed by atoms with Crippen LogP contribution in [0.4, 0.5) is 4.79 Å². The molecule has 4 nitrogen and oxygen atoms in total. The third-order valence-corrected chi connectivity index (χ3v) is 4.70. The summed E-state index contributed by atoms with van der Waals surface area (Å²) in [6.07, 6.45) is 10.3. The third kappa shape index (κ3) is 4.37. The Bertz CT molecular complexity index is 275. The van der Waals surface area contributed by atoms with E-state index in [1.54, 1.807) is 4.90 Å². The minimum Gasteiger partial charge on any atom is -0.465 e. The third-order valence-electron chi connectivity index (χ3n) is 4.70. The van der Waals surface area contributed by atoms with E-state index < -0.39 is 6.09 Å². The predicted molar refractivity (Wildman–Crippen MR) is 76.4 cm³/mol. The summed E-state index contributed by atoms with van der Waals surface area (Å²) in [6.45, 7) is 2.60. The molecule has 1 heterocycles. The summed E-state index contributed by atoms with van der Waals surface area (Å²) in [4.78, 5) is 13.2. The van der Waals surface area contributed by atoms with E-state index in [0.29, 0.717) is 5.92 Å². The van der Waals surface area contributed by atoms with Crippen LogP contribution in [-0.2, 0) is 0 Å². The molecule has 19 heavy (non-hydrogen) atoms. The highest BCUT2D eigenvalue weighted by Crippen LogP contribution is 2.28. The molecule has 1 saturated carbocycles. The van der Waals surface area contributed by atoms with Gasteiger partial charge in [0, 0.05) is 13.1 Å². The first kappa shape index (κ1) is 14.6. The number of hydrogen-bond donors (Lipinski definition) is 2. The van der Waals surface area contributed by atoms with Crippen LogP contribution in [0.15, 0.2) is 0 Å². The molecule has 2 aliphatic rings. The lowest BCUT2D eigenvalue weighted by Crippen LogP contribution is -2.51. The summed E-state index contributed by atoms with van der Waals surface area (Å²) in [5, 5.41) is 12.9. The van der Waals surface area contributed by atoms with E-state index >= 15 is 0 Å². The van der Waals surface area contributed by atoms with Gasteiger partial charge < -0.3 is 15.3 Å². The van der Waals surface area contributed by atoms with E-state index in [2.05, 4.69) is 5.32 Å². The molecule has 1 aliphatic heterocycles. The van der Waals surface area contributed by atoms with Crippen molar-refractivity contribution in [1.82, 2.24) is 10.2 Å². The Morgan fingerprint density at radius 2 is 1.68 bits per heavy atom. The molecule has 0 aromatic heterocycles. The zero-order valence-corrected chi connectivity index (χ0v) is 11.9. The molecule has 2 N–H and O–H groups in total. The molecule has 0 spiro atoms. The Hall–Kier alpha value is -0.770. The summed E-state index contributed by atoms with van der Waals surface area (Å²) in [5.74, 6) is 0.557. The van der Waals surface area contributed by atoms with E-state index in [-0.39, 0.29) is 6.04 Å². The smallest absolute Gasteiger partial charge is 0.407 e. The molecule has 1 unspecified atom stereocenters. The van der Waals surface area contributed by atoms with Crippen molar-refractivity contribution in [1.29, 1.82) is 0 Å². The lowest BCUT2D eigenvalue weighted by atomic mass is 9.84. The van der Waals surface area contributed by atoms with Gasteiger partial charge in [-0.3, -0.25) is 0 Å². The minimum atomic E-state index is -0.726. The number of amides is 1. The van der Waals surface area contributed by atoms with Gasteiger partial charge in [-0.15, -0.1) is 0 Å². The van der Waals surface area contributed by atoms with Crippen LogP contribution in [0.25, 0.3) is 0 Å². The van der Waals surface area contributed by atoms with Crippen LogP contribution < -0.4 is 5.32 Å². The highest BCUT2D eigenvalue weighted by Gasteiger charge is 2.30. The van der Waals surface area contributed by atoms with Gasteiger partial charge in [0.05, 0.1) is 6.04 Å². The van der Waals surface area contributed by atoms with Gasteiger partial charge in [-0.2, -0.15) is 0 Å². The summed E-state index contributed by atoms with van der Waals surface area (Å²) in [7, 11) is 0. The first-order chi connectivity index (χ1) is 9.29. The number of rotatable bonds is 1. The van der Waals surface area contributed by atoms with Gasteiger partial charge in [0.25, 0.3) is 0 Å². The summed E-state index contributed by atoms with van der Waals surface area (Å²) >= 11 is 0. The second kappa shape index (κ2) is 7.73. The van der Waals surface area contributed by atoms with Gasteiger partial charge in [0.1, 0.15) is 0 Å². The number of carboxylic acid groups (broad SMARTS) is 1. The second-order valence-electron chi connectivity index (χ2n) is 6.06. The summed E-state index contributed by atoms with van der Waals surface area (Å²) < 4.78 is 0. The molecule has 0 aromatic rings. The molecule has 1 aliphatic carbocycles. The Balaban J connectivity index is 2.03. The van der Waals surface area contributed by atoms with Crippen molar-refractivity contribution in [3.05, 3.63) is 0 Å². The fourth-order valence-corrected chi connectivity index (χ4v) is 3.59. The van der Waals surface area contributed by atoms with Gasteiger partial charge in [-0.25, -0.2) is 4.79 Å². The zero-order chi connectivity index (χ0) is 13.5. The summed E-state index contributed by atoms with van der Waals surface area (Å²) in [6, 6.07) is 0.191. The lowest BCUT2D eigenvalue weighted by molar-refractivity contribution is 0.0902. The van der Waals surface area contributed by atoms with E-state index in [1.165, 1.54) is 44.9 Å². The topological polar surface area (TPSA) is 52.6 Å². The first-order valence-corrected chi connectivity index (χ1v) is 7.99. The van der Waals surface area contributed by atoms with Crippen molar-refractivity contribution >= 4 is 6.09 Å². The predicted octanol–water partition coefficient (Wildman–Crippen LogP) is 3.08. The molecule has 1 atom stereocenters. The molecule has 2 fully saturated rings. The number of nitrogens with zero attached hydrogens (tertiary/aromatic N) is 1. The second-order valence-corrected chi connectivity index (χ2v) is 6.06. The largest absolute Gasteiger partial charge is 0.465 e. The molecule has 4 heteroatoms. The molecule has 0 bridgehead atoms. The number of carbonyl (C=O) groups is 1. The SMILES string of the molecule is O=C(O)N1CCCCNCC1C1CCCCCCC1. The summed E-state index contributed by atoms with van der Waals surface area (Å²) in [5.41, 5.74) is 0. The zero-order valence-electron chi connectivity index (χ0n) is 11.9. The maximum atomic E-state index is 11.5. The van der Waals surface area contributed by atoms with Crippen molar-refractivity contribution in [2.75, 3.05) is 19.6 Å². The first-order valence-electron chi connectivity index (χ1n) is 7.99. The highest BCUT2D eigenvalue weighted by atomic mass is 16.4. The Kier molecular flexibility index (Phi) is 5.95. The van der Waals surface area contributed by atoms with Gasteiger partial charge in [-0.05, 0) is 38.1 Å². The van der Waals surface area contributed by atoms with Crippen LogP contribution in [-0.4, -0.2) is 41.8 Å². The molecule has 0 aromatic carbocycles. The Morgan fingerprint density at radius 3 is 2.37 bits per heavy atom. The minimum absolute atomic E-state index is 0.191. The van der Waals surface area contributed by atoms with Crippen molar-refractivity contribution in [2.24, 2.45) is 5.92 Å². The molecule has 0 radical (unpaired) electrons. The van der Waals surface area contributed by atoms with Crippen LogP contribution in [0, 0.1) is 5.92 Å². The van der Waals surface area contributed by atoms with Crippen LogP contribution in [0.2, 0.25) is 0 Å². The lowest BCUT2D eigenvalue weighted by Gasteiger charge is -2.38. The van der Waals surface area contributed by atoms with E-state index in [9.17, 15) is 9.90 Å². The van der Waals surface area contributed by atoms with Crippen LogP contribution in [0.1, 0.15) is 57.8 Å². The van der Waals surface area contributed by atoms with Crippen molar-refractivity contribution in [2.45, 2.75) is 63.8 Å². The van der Waals surface area contributed by atoms with Crippen LogP contribution in [0.3, 0.4) is 0 Å². The van der Waals surface area contributed by atoms with Crippen molar-refractivity contribution in [3.8, 4) is 0 Å². The molecular weight excluding hydrogens is 240 g/mol. The monoisotopic (exact) mass is 268 g/mol. The molecule has 110 valence electrons. The fourth-order valence-electron chi connectivity index (χ4n) is 3.59. The Morgan fingerprint density at radius 1 is 1.00 bits per heavy atom. The quantitative estimate of drug-likeness (QED) is 0.768. The average Bonchev–Trinajstić information content (AvgIpc) is 2.29. The molecule has 1 amide bonds. The number of nitrogens with one attached hydrogen (secondary N) is 1. The van der Waals surface area contributed by atoms with Crippen molar-refractivity contribution in [3.63, 3.8) is 0 Å². The molecule has 1 saturated heterocycles. The van der Waals surface area contributed by atoms with Crippen LogP contribution in [0.5, 0.6) is 0 Å². The van der Waals surface area contributed by atoms with E-state index in [0.717, 1.165) is 32.5 Å². The van der Waals surface area contributed by atoms with E-state index in [4.69, 9.17) is 0 Å².